The Labute approximate surface area is 142 Å². The van der Waals surface area contributed by atoms with E-state index in [0.29, 0.717) is 6.54 Å². The highest BCUT2D eigenvalue weighted by Crippen LogP contribution is 2.28. The zero-order valence-corrected chi connectivity index (χ0v) is 15.2. The Morgan fingerprint density at radius 2 is 2.09 bits per heavy atom. The van der Waals surface area contributed by atoms with Gasteiger partial charge in [0.2, 0.25) is 10.0 Å². The van der Waals surface area contributed by atoms with E-state index in [1.54, 1.807) is 13.1 Å². The van der Waals surface area contributed by atoms with E-state index in [9.17, 15) is 8.42 Å². The number of guanidine groups is 1. The maximum atomic E-state index is 11.3. The molecule has 0 bridgehead atoms. The summed E-state index contributed by atoms with van der Waals surface area (Å²) in [6, 6.07) is 3.31. The van der Waals surface area contributed by atoms with Crippen LogP contribution in [0.15, 0.2) is 21.3 Å². The third kappa shape index (κ3) is 6.12. The van der Waals surface area contributed by atoms with Gasteiger partial charge in [0.05, 0.1) is 6.54 Å². The first-order valence-corrected chi connectivity index (χ1v) is 10.4. The van der Waals surface area contributed by atoms with Crippen LogP contribution in [0.5, 0.6) is 0 Å². The Bertz CT molecular complexity index is 619. The summed E-state index contributed by atoms with van der Waals surface area (Å²) in [4.78, 5) is 5.09. The molecular formula is C15H26N4O2S2. The number of nitrogens with one attached hydrogen (secondary N) is 2. The van der Waals surface area contributed by atoms with Crippen LogP contribution in [0.2, 0.25) is 0 Å². The molecule has 8 heteroatoms. The summed E-state index contributed by atoms with van der Waals surface area (Å²) in [6.07, 6.45) is 7.99. The van der Waals surface area contributed by atoms with E-state index in [0.717, 1.165) is 29.7 Å². The summed E-state index contributed by atoms with van der Waals surface area (Å²) < 4.78 is 22.7. The molecule has 1 fully saturated rings. The van der Waals surface area contributed by atoms with Gasteiger partial charge in [0, 0.05) is 18.5 Å². The fraction of sp³-hybridized carbons (Fsp3) is 0.667. The molecule has 4 N–H and O–H groups in total. The predicted molar refractivity (Wildman–Crippen MR) is 95.1 cm³/mol. The number of hydrogen-bond acceptors (Lipinski definition) is 4. The minimum absolute atomic E-state index is 0.189. The SMILES string of the molecule is CN=C(NCCCC1CCCC1)NCc1ccc(S(N)(=O)=O)s1. The number of thiophene rings is 1. The molecule has 1 saturated carbocycles. The van der Waals surface area contributed by atoms with Crippen LogP contribution in [0, 0.1) is 5.92 Å². The lowest BCUT2D eigenvalue weighted by Crippen LogP contribution is -2.37. The zero-order chi connectivity index (χ0) is 16.7. The van der Waals surface area contributed by atoms with E-state index in [1.807, 2.05) is 0 Å². The van der Waals surface area contributed by atoms with Crippen LogP contribution in [0.3, 0.4) is 0 Å². The maximum Gasteiger partial charge on any atom is 0.247 e. The van der Waals surface area contributed by atoms with Gasteiger partial charge in [0.15, 0.2) is 5.96 Å². The van der Waals surface area contributed by atoms with Crippen LogP contribution in [0.4, 0.5) is 0 Å². The second kappa shape index (κ2) is 8.65. The van der Waals surface area contributed by atoms with E-state index >= 15 is 0 Å². The minimum atomic E-state index is -3.61. The van der Waals surface area contributed by atoms with E-state index in [1.165, 1.54) is 49.5 Å². The van der Waals surface area contributed by atoms with Crippen molar-refractivity contribution < 1.29 is 8.42 Å². The van der Waals surface area contributed by atoms with Crippen molar-refractivity contribution >= 4 is 27.3 Å². The summed E-state index contributed by atoms with van der Waals surface area (Å²) in [5.74, 6) is 1.65. The molecule has 130 valence electrons. The molecule has 0 atom stereocenters. The summed E-state index contributed by atoms with van der Waals surface area (Å²) in [5, 5.41) is 11.6. The molecule has 6 nitrogen and oxygen atoms in total. The average Bonchev–Trinajstić information content (AvgIpc) is 3.17. The highest BCUT2D eigenvalue weighted by atomic mass is 32.2. The molecule has 0 saturated heterocycles. The van der Waals surface area contributed by atoms with Crippen molar-refractivity contribution in [1.82, 2.24) is 10.6 Å². The zero-order valence-electron chi connectivity index (χ0n) is 13.5. The highest BCUT2D eigenvalue weighted by Gasteiger charge is 2.14. The van der Waals surface area contributed by atoms with Crippen LogP contribution in [-0.2, 0) is 16.6 Å². The van der Waals surface area contributed by atoms with Gasteiger partial charge in [-0.25, -0.2) is 13.6 Å². The lowest BCUT2D eigenvalue weighted by molar-refractivity contribution is 0.481. The number of hydrogen-bond donors (Lipinski definition) is 3. The van der Waals surface area contributed by atoms with E-state index in [-0.39, 0.29) is 4.21 Å². The Kier molecular flexibility index (Phi) is 6.86. The molecule has 0 amide bonds. The first-order chi connectivity index (χ1) is 11.0. The van der Waals surface area contributed by atoms with Gasteiger partial charge < -0.3 is 10.6 Å². The molecule has 2 rings (SSSR count). The number of primary sulfonamides is 1. The van der Waals surface area contributed by atoms with E-state index < -0.39 is 10.0 Å². The number of nitrogens with two attached hydrogens (primary N) is 1. The molecule has 1 aromatic rings. The molecule has 0 radical (unpaired) electrons. The maximum absolute atomic E-state index is 11.3. The largest absolute Gasteiger partial charge is 0.356 e. The molecule has 0 aromatic carbocycles. The predicted octanol–water partition coefficient (Wildman–Crippen LogP) is 2.03. The number of rotatable bonds is 7. The Balaban J connectivity index is 1.69. The molecular weight excluding hydrogens is 332 g/mol. The van der Waals surface area contributed by atoms with Gasteiger partial charge in [-0.1, -0.05) is 25.7 Å². The van der Waals surface area contributed by atoms with Crippen LogP contribution < -0.4 is 15.8 Å². The summed E-state index contributed by atoms with van der Waals surface area (Å²) in [6.45, 7) is 1.44. The fourth-order valence-electron chi connectivity index (χ4n) is 2.89. The van der Waals surface area contributed by atoms with Crippen LogP contribution in [-0.4, -0.2) is 28.0 Å². The third-order valence-corrected chi connectivity index (χ3v) is 6.65. The van der Waals surface area contributed by atoms with Crippen LogP contribution >= 0.6 is 11.3 Å². The summed E-state index contributed by atoms with van der Waals surface area (Å²) in [5.41, 5.74) is 0. The van der Waals surface area contributed by atoms with Crippen molar-refractivity contribution in [3.05, 3.63) is 17.0 Å². The van der Waals surface area contributed by atoms with Gasteiger partial charge in [-0.3, -0.25) is 4.99 Å². The fourth-order valence-corrected chi connectivity index (χ4v) is 4.61. The van der Waals surface area contributed by atoms with Gasteiger partial charge in [-0.05, 0) is 30.9 Å². The van der Waals surface area contributed by atoms with Crippen molar-refractivity contribution in [3.63, 3.8) is 0 Å². The molecule has 0 unspecified atom stereocenters. The Hall–Kier alpha value is -1.12. The second-order valence-electron chi connectivity index (χ2n) is 5.91. The lowest BCUT2D eigenvalue weighted by atomic mass is 10.0. The van der Waals surface area contributed by atoms with Crippen LogP contribution in [0.25, 0.3) is 0 Å². The minimum Gasteiger partial charge on any atom is -0.356 e. The number of nitrogens with zero attached hydrogens (tertiary/aromatic N) is 1. The van der Waals surface area contributed by atoms with Crippen molar-refractivity contribution in [2.45, 2.75) is 49.3 Å². The summed E-state index contributed by atoms with van der Waals surface area (Å²) in [7, 11) is -1.87. The molecule has 0 aliphatic heterocycles. The lowest BCUT2D eigenvalue weighted by Gasteiger charge is -2.12. The molecule has 0 spiro atoms. The topological polar surface area (TPSA) is 96.6 Å². The monoisotopic (exact) mass is 358 g/mol. The van der Waals surface area contributed by atoms with Gasteiger partial charge in [-0.2, -0.15) is 0 Å². The van der Waals surface area contributed by atoms with Crippen LogP contribution in [0.1, 0.15) is 43.4 Å². The average molecular weight is 359 g/mol. The van der Waals surface area contributed by atoms with Crippen molar-refractivity contribution in [2.75, 3.05) is 13.6 Å². The smallest absolute Gasteiger partial charge is 0.247 e. The quantitative estimate of drug-likeness (QED) is 0.395. The molecule has 1 aliphatic rings. The van der Waals surface area contributed by atoms with Crippen molar-refractivity contribution in [3.8, 4) is 0 Å². The number of sulfonamides is 1. The molecule has 1 aliphatic carbocycles. The standard InChI is InChI=1S/C15H26N4O2S2/c1-17-15(18-10-4-7-12-5-2-3-6-12)19-11-13-8-9-14(22-13)23(16,20)21/h8-9,12H,2-7,10-11H2,1H3,(H2,16,20,21)(H2,17,18,19). The summed E-state index contributed by atoms with van der Waals surface area (Å²) >= 11 is 1.18. The first-order valence-electron chi connectivity index (χ1n) is 8.05. The molecule has 23 heavy (non-hydrogen) atoms. The second-order valence-corrected chi connectivity index (χ2v) is 8.87. The van der Waals surface area contributed by atoms with Gasteiger partial charge in [-0.15, -0.1) is 11.3 Å². The van der Waals surface area contributed by atoms with E-state index in [4.69, 9.17) is 5.14 Å². The number of aliphatic imine (C=N–C) groups is 1. The van der Waals surface area contributed by atoms with Crippen molar-refractivity contribution in [2.24, 2.45) is 16.0 Å². The Morgan fingerprint density at radius 3 is 2.70 bits per heavy atom. The van der Waals surface area contributed by atoms with Gasteiger partial charge >= 0.3 is 0 Å². The van der Waals surface area contributed by atoms with Gasteiger partial charge in [0.25, 0.3) is 0 Å². The Morgan fingerprint density at radius 1 is 1.35 bits per heavy atom. The molecule has 1 heterocycles. The third-order valence-electron chi connectivity index (χ3n) is 4.13. The van der Waals surface area contributed by atoms with E-state index in [2.05, 4.69) is 15.6 Å². The normalized spacial score (nSPS) is 16.7. The molecule has 1 aromatic heterocycles. The first kappa shape index (κ1) is 18.2. The highest BCUT2D eigenvalue weighted by molar-refractivity contribution is 7.91. The van der Waals surface area contributed by atoms with Crippen molar-refractivity contribution in [1.29, 1.82) is 0 Å². The van der Waals surface area contributed by atoms with Gasteiger partial charge in [0.1, 0.15) is 4.21 Å².